The molecule has 0 amide bonds. The van der Waals surface area contributed by atoms with Gasteiger partial charge in [0.2, 0.25) is 0 Å². The van der Waals surface area contributed by atoms with Crippen molar-refractivity contribution in [2.75, 3.05) is 145 Å². The summed E-state index contributed by atoms with van der Waals surface area (Å²) in [5.41, 5.74) is 5.32. The Morgan fingerprint density at radius 1 is 0.396 bits per heavy atom. The van der Waals surface area contributed by atoms with E-state index in [-0.39, 0.29) is 58.9 Å². The zero-order valence-corrected chi connectivity index (χ0v) is 28.3. The number of aliphatic hydroxyl groups excluding tert-OH is 8. The van der Waals surface area contributed by atoms with Gasteiger partial charge in [-0.1, -0.05) is 0 Å². The Bertz CT molecular complexity index is 636. The molecule has 0 aliphatic rings. The van der Waals surface area contributed by atoms with Gasteiger partial charge in [0.25, 0.3) is 0 Å². The second kappa shape index (κ2) is 34.7. The Morgan fingerprint density at radius 2 is 0.667 bits per heavy atom. The van der Waals surface area contributed by atoms with Crippen molar-refractivity contribution in [2.24, 2.45) is 5.73 Å². The molecule has 0 aromatic carbocycles. The molecule has 6 atom stereocenters. The van der Waals surface area contributed by atoms with Gasteiger partial charge in [-0.2, -0.15) is 0 Å². The van der Waals surface area contributed by atoms with Crippen molar-refractivity contribution in [3.8, 4) is 0 Å². The molecule has 18 heteroatoms. The van der Waals surface area contributed by atoms with Crippen LogP contribution in [0.2, 0.25) is 0 Å². The molecule has 0 fully saturated rings. The fraction of sp³-hybridized carbons (Fsp3) is 1.00. The molecular formula is C30H64N2O16. The van der Waals surface area contributed by atoms with Crippen molar-refractivity contribution in [1.29, 1.82) is 0 Å². The first-order valence-corrected chi connectivity index (χ1v) is 16.6. The highest BCUT2D eigenvalue weighted by atomic mass is 16.6. The summed E-state index contributed by atoms with van der Waals surface area (Å²) >= 11 is 0. The molecule has 0 radical (unpaired) electrons. The van der Waals surface area contributed by atoms with Crippen molar-refractivity contribution in [3.05, 3.63) is 0 Å². The highest BCUT2D eigenvalue weighted by molar-refractivity contribution is 4.82. The number of hydrogen-bond acceptors (Lipinski definition) is 18. The fourth-order valence-electron chi connectivity index (χ4n) is 4.04. The smallest absolute Gasteiger partial charge is 0.107 e. The Hall–Kier alpha value is -0.720. The van der Waals surface area contributed by atoms with E-state index in [0.29, 0.717) is 99.0 Å². The molecule has 10 N–H and O–H groups in total. The monoisotopic (exact) mass is 708 g/mol. The summed E-state index contributed by atoms with van der Waals surface area (Å²) in [5.74, 6) is 0. The van der Waals surface area contributed by atoms with E-state index in [4.69, 9.17) is 53.8 Å². The van der Waals surface area contributed by atoms with Gasteiger partial charge in [-0.25, -0.2) is 0 Å². The molecule has 0 aromatic heterocycles. The zero-order chi connectivity index (χ0) is 35.7. The molecule has 0 aliphatic carbocycles. The number of rotatable bonds is 38. The van der Waals surface area contributed by atoms with Gasteiger partial charge < -0.3 is 84.5 Å². The van der Waals surface area contributed by atoms with Crippen LogP contribution in [0.1, 0.15) is 12.8 Å². The van der Waals surface area contributed by atoms with Crippen molar-refractivity contribution in [2.45, 2.75) is 49.5 Å². The van der Waals surface area contributed by atoms with E-state index < -0.39 is 36.6 Å². The molecule has 0 aliphatic heterocycles. The first-order valence-electron chi connectivity index (χ1n) is 16.6. The quantitative estimate of drug-likeness (QED) is 0.0273. The lowest BCUT2D eigenvalue weighted by Gasteiger charge is -2.32. The Kier molecular flexibility index (Phi) is 34.2. The number of nitrogens with zero attached hydrogens (tertiary/aromatic N) is 1. The van der Waals surface area contributed by atoms with E-state index in [1.807, 2.05) is 0 Å². The molecule has 0 saturated heterocycles. The van der Waals surface area contributed by atoms with Crippen LogP contribution in [0.15, 0.2) is 0 Å². The summed E-state index contributed by atoms with van der Waals surface area (Å²) in [6.45, 7) is 6.15. The molecule has 6 unspecified atom stereocenters. The number of nitrogens with two attached hydrogens (primary N) is 1. The Balaban J connectivity index is 3.89. The first kappa shape index (κ1) is 47.3. The van der Waals surface area contributed by atoms with Gasteiger partial charge in [0.15, 0.2) is 0 Å². The van der Waals surface area contributed by atoms with E-state index in [0.717, 1.165) is 0 Å². The molecule has 0 saturated carbocycles. The van der Waals surface area contributed by atoms with Gasteiger partial charge >= 0.3 is 0 Å². The van der Waals surface area contributed by atoms with Gasteiger partial charge in [0.1, 0.15) is 12.2 Å². The predicted octanol–water partition coefficient (Wildman–Crippen LogP) is -4.69. The lowest BCUT2D eigenvalue weighted by atomic mass is 10.0. The van der Waals surface area contributed by atoms with Gasteiger partial charge in [-0.3, -0.25) is 4.90 Å². The first-order chi connectivity index (χ1) is 23.3. The molecular weight excluding hydrogens is 644 g/mol. The molecule has 0 spiro atoms. The normalized spacial score (nSPS) is 15.9. The highest BCUT2D eigenvalue weighted by Crippen LogP contribution is 2.10. The summed E-state index contributed by atoms with van der Waals surface area (Å²) < 4.78 is 43.3. The van der Waals surface area contributed by atoms with Crippen molar-refractivity contribution >= 4 is 0 Å². The van der Waals surface area contributed by atoms with Crippen LogP contribution in [0.25, 0.3) is 0 Å². The van der Waals surface area contributed by atoms with Crippen LogP contribution in [-0.4, -0.2) is 227 Å². The van der Waals surface area contributed by atoms with Crippen LogP contribution in [0.4, 0.5) is 0 Å². The van der Waals surface area contributed by atoms with Crippen LogP contribution >= 0.6 is 0 Å². The Labute approximate surface area is 284 Å². The minimum Gasteiger partial charge on any atom is -0.396 e. The third-order valence-electron chi connectivity index (χ3n) is 6.74. The molecule has 48 heavy (non-hydrogen) atoms. The van der Waals surface area contributed by atoms with Gasteiger partial charge in [-0.15, -0.1) is 0 Å². The lowest BCUT2D eigenvalue weighted by Crippen LogP contribution is -2.50. The van der Waals surface area contributed by atoms with E-state index in [9.17, 15) is 30.6 Å². The summed E-state index contributed by atoms with van der Waals surface area (Å²) in [7, 11) is 0. The van der Waals surface area contributed by atoms with Crippen LogP contribution in [-0.2, 0) is 37.9 Å². The zero-order valence-electron chi connectivity index (χ0n) is 28.3. The average molecular weight is 709 g/mol. The number of ether oxygens (including phenoxy) is 8. The third kappa shape index (κ3) is 28.0. The lowest BCUT2D eigenvalue weighted by molar-refractivity contribution is -0.0945. The van der Waals surface area contributed by atoms with Crippen molar-refractivity contribution in [3.63, 3.8) is 0 Å². The summed E-state index contributed by atoms with van der Waals surface area (Å²) in [6.07, 6.45) is -8.94. The maximum absolute atomic E-state index is 10.4. The number of hydrogen-bond donors (Lipinski definition) is 9. The van der Waals surface area contributed by atoms with E-state index in [2.05, 4.69) is 0 Å². The minimum atomic E-state index is -1.55. The van der Waals surface area contributed by atoms with E-state index >= 15 is 0 Å². The maximum Gasteiger partial charge on any atom is 0.107 e. The largest absolute Gasteiger partial charge is 0.396 e. The molecule has 0 bridgehead atoms. The molecule has 0 rings (SSSR count). The minimum absolute atomic E-state index is 0.131. The third-order valence-corrected chi connectivity index (χ3v) is 6.74. The van der Waals surface area contributed by atoms with Crippen LogP contribution < -0.4 is 5.73 Å². The summed E-state index contributed by atoms with van der Waals surface area (Å²) in [4.78, 5) is 1.50. The highest BCUT2D eigenvalue weighted by Gasteiger charge is 2.30. The van der Waals surface area contributed by atoms with Crippen molar-refractivity contribution < 1.29 is 78.7 Å². The van der Waals surface area contributed by atoms with E-state index in [1.54, 1.807) is 0 Å². The second-order valence-corrected chi connectivity index (χ2v) is 10.7. The Morgan fingerprint density at radius 3 is 0.938 bits per heavy atom. The van der Waals surface area contributed by atoms with Crippen LogP contribution in [0.5, 0.6) is 0 Å². The van der Waals surface area contributed by atoms with Gasteiger partial charge in [0, 0.05) is 39.4 Å². The fourth-order valence-corrected chi connectivity index (χ4v) is 4.04. The van der Waals surface area contributed by atoms with Crippen molar-refractivity contribution in [1.82, 2.24) is 4.90 Å². The summed E-state index contributed by atoms with van der Waals surface area (Å²) in [6, 6.07) is 0. The van der Waals surface area contributed by atoms with E-state index in [1.165, 1.54) is 4.90 Å². The average Bonchev–Trinajstić information content (AvgIpc) is 3.07. The maximum atomic E-state index is 10.4. The molecule has 18 nitrogen and oxygen atoms in total. The van der Waals surface area contributed by atoms with Crippen LogP contribution in [0.3, 0.4) is 0 Å². The molecule has 0 heterocycles. The van der Waals surface area contributed by atoms with Gasteiger partial charge in [-0.05, 0) is 12.8 Å². The summed E-state index contributed by atoms with van der Waals surface area (Å²) in [5, 5.41) is 78.7. The predicted molar refractivity (Wildman–Crippen MR) is 171 cm³/mol. The van der Waals surface area contributed by atoms with Gasteiger partial charge in [0.05, 0.1) is 130 Å². The van der Waals surface area contributed by atoms with Crippen LogP contribution in [0, 0.1) is 0 Å². The topological polar surface area (TPSA) is 265 Å². The standard InChI is InChI=1S/C30H64N2O16/c31-3-7-41-9-11-43-13-15-45-17-19-47-21-22-48-20-18-46-16-14-44-12-10-42-8-4-32(23-27(37)29(39)25(35)1-5-33)24-28(38)30(40)26(36)2-6-34/h25-30,33-40H,1-24,31H2. The molecule has 290 valence electrons. The molecule has 0 aromatic rings. The SMILES string of the molecule is NCCOCCOCCOCCOCCOCCOCCOCCOCCN(CC(O)C(O)C(O)CCO)CC(O)C(O)C(O)CCO. The second-order valence-electron chi connectivity index (χ2n) is 10.7. The number of aliphatic hydroxyl groups is 8.